The molecule has 6 nitrogen and oxygen atoms in total. The molecular formula is C36H64Cl2F4O6Si. The second kappa shape index (κ2) is 39.6. The molecule has 0 aliphatic rings. The lowest BCUT2D eigenvalue weighted by molar-refractivity contribution is -0.143. The molecule has 0 radical (unpaired) electrons. The van der Waals surface area contributed by atoms with E-state index in [1.54, 1.807) is 0 Å². The van der Waals surface area contributed by atoms with Gasteiger partial charge in [-0.05, 0) is 96.4 Å². The summed E-state index contributed by atoms with van der Waals surface area (Å²) in [5, 5.41) is 8.65. The number of hydrogen-bond donors (Lipinski definition) is 1. The fourth-order valence-electron chi connectivity index (χ4n) is 4.14. The van der Waals surface area contributed by atoms with Crippen molar-refractivity contribution in [2.24, 2.45) is 0 Å². The molecule has 1 N–H and O–H groups in total. The molecule has 0 rings (SSSR count). The number of aliphatic hydroxyl groups excluding tert-OH is 1. The van der Waals surface area contributed by atoms with Crippen LogP contribution in [0.3, 0.4) is 0 Å². The Morgan fingerprint density at radius 2 is 0.959 bits per heavy atom. The summed E-state index contributed by atoms with van der Waals surface area (Å²) in [4.78, 5) is 11.9. The van der Waals surface area contributed by atoms with E-state index in [1.807, 2.05) is 27.7 Å². The third kappa shape index (κ3) is 37.9. The van der Waals surface area contributed by atoms with Crippen molar-refractivity contribution in [3.05, 3.63) is 47.6 Å². The maximum atomic E-state index is 13.7. The normalized spacial score (nSPS) is 12.7. The third-order valence-electron chi connectivity index (χ3n) is 6.53. The third-order valence-corrected chi connectivity index (χ3v) is 9.68. The Labute approximate surface area is 305 Å². The Morgan fingerprint density at radius 3 is 1.33 bits per heavy atom. The molecule has 0 heterocycles. The van der Waals surface area contributed by atoms with Crippen molar-refractivity contribution in [3.8, 4) is 0 Å². The molecular weight excluding hydrogens is 703 g/mol. The van der Waals surface area contributed by atoms with Crippen molar-refractivity contribution in [2.75, 3.05) is 38.4 Å². The molecule has 0 amide bonds. The molecule has 0 saturated heterocycles. The van der Waals surface area contributed by atoms with Gasteiger partial charge in [0.1, 0.15) is 11.7 Å². The zero-order valence-corrected chi connectivity index (χ0v) is 33.1. The van der Waals surface area contributed by atoms with Crippen molar-refractivity contribution < 1.29 is 45.5 Å². The van der Waals surface area contributed by atoms with E-state index >= 15 is 0 Å². The fourth-order valence-corrected chi connectivity index (χ4v) is 6.83. The maximum Gasteiger partial charge on any atom is 0.500 e. The number of hydrogen-bond acceptors (Lipinski definition) is 6. The minimum atomic E-state index is -2.67. The van der Waals surface area contributed by atoms with E-state index in [-0.39, 0.29) is 54.8 Å². The van der Waals surface area contributed by atoms with Gasteiger partial charge in [-0.1, -0.05) is 39.5 Å². The Kier molecular flexibility index (Phi) is 42.1. The summed E-state index contributed by atoms with van der Waals surface area (Å²) in [6, 6.07) is 0.661. The summed E-state index contributed by atoms with van der Waals surface area (Å²) >= 11 is 9.53. The van der Waals surface area contributed by atoms with Crippen LogP contribution in [0, 0.1) is 0 Å². The van der Waals surface area contributed by atoms with Crippen LogP contribution < -0.4 is 0 Å². The fraction of sp³-hybridized carbons (Fsp3) is 0.750. The number of rotatable bonds is 28. The van der Waals surface area contributed by atoms with Gasteiger partial charge in [-0.3, -0.25) is 4.79 Å². The highest BCUT2D eigenvalue weighted by atomic mass is 35.5. The first-order valence-electron chi connectivity index (χ1n) is 17.8. The summed E-state index contributed by atoms with van der Waals surface area (Å²) in [5.41, 5.74) is 0. The number of esters is 1. The lowest BCUT2D eigenvalue weighted by Gasteiger charge is -2.28. The van der Waals surface area contributed by atoms with Crippen LogP contribution in [0.2, 0.25) is 6.04 Å². The Bertz CT molecular complexity index is 875. The molecule has 0 aromatic carbocycles. The SMILES string of the molecule is CCCCC/C(F)=C/C=C(\F)CCCO.CCCCC/C(F)=C/C=C(\F)CCCOC(=O)CCCC[Si](OCC)(OCC)OCC.ClCCl. The van der Waals surface area contributed by atoms with Gasteiger partial charge in [0.15, 0.2) is 0 Å². The predicted octanol–water partition coefficient (Wildman–Crippen LogP) is 12.3. The molecule has 0 unspecified atom stereocenters. The number of allylic oxidation sites excluding steroid dienone is 8. The minimum Gasteiger partial charge on any atom is -0.466 e. The Morgan fingerprint density at radius 1 is 0.592 bits per heavy atom. The Hall–Kier alpha value is -1.21. The molecule has 0 aromatic heterocycles. The van der Waals surface area contributed by atoms with Gasteiger partial charge in [-0.2, -0.15) is 0 Å². The summed E-state index contributed by atoms with van der Waals surface area (Å²) in [6.45, 7) is 11.5. The van der Waals surface area contributed by atoms with Crippen LogP contribution in [0.5, 0.6) is 0 Å². The summed E-state index contributed by atoms with van der Waals surface area (Å²) in [7, 11) is -2.67. The first-order chi connectivity index (χ1) is 23.5. The van der Waals surface area contributed by atoms with Crippen molar-refractivity contribution in [1.29, 1.82) is 0 Å². The van der Waals surface area contributed by atoms with Crippen LogP contribution in [0.25, 0.3) is 0 Å². The van der Waals surface area contributed by atoms with E-state index in [4.69, 9.17) is 46.3 Å². The van der Waals surface area contributed by atoms with Gasteiger partial charge in [-0.25, -0.2) is 17.6 Å². The molecule has 0 bridgehead atoms. The highest BCUT2D eigenvalue weighted by Gasteiger charge is 2.39. The van der Waals surface area contributed by atoms with Crippen LogP contribution in [-0.2, 0) is 22.8 Å². The van der Waals surface area contributed by atoms with Crippen LogP contribution in [0.1, 0.15) is 131 Å². The van der Waals surface area contributed by atoms with Gasteiger partial charge >= 0.3 is 14.8 Å². The van der Waals surface area contributed by atoms with E-state index in [2.05, 4.69) is 6.92 Å². The second-order valence-electron chi connectivity index (χ2n) is 10.8. The number of carbonyl (C=O) groups excluding carboxylic acids is 1. The van der Waals surface area contributed by atoms with Gasteiger partial charge in [0.25, 0.3) is 0 Å². The summed E-state index contributed by atoms with van der Waals surface area (Å²) in [6.07, 6.45) is 13.8. The quantitative estimate of drug-likeness (QED) is 0.0213. The average molecular weight is 768 g/mol. The number of halogens is 6. The van der Waals surface area contributed by atoms with E-state index < -0.39 is 14.6 Å². The first kappa shape index (κ1) is 52.2. The summed E-state index contributed by atoms with van der Waals surface area (Å²) < 4.78 is 75.6. The number of ether oxygens (including phenoxy) is 1. The zero-order chi connectivity index (χ0) is 37.6. The van der Waals surface area contributed by atoms with Crippen molar-refractivity contribution in [3.63, 3.8) is 0 Å². The molecule has 49 heavy (non-hydrogen) atoms. The van der Waals surface area contributed by atoms with E-state index in [9.17, 15) is 22.4 Å². The molecule has 13 heteroatoms. The van der Waals surface area contributed by atoms with Crippen molar-refractivity contribution >= 4 is 38.0 Å². The van der Waals surface area contributed by atoms with Gasteiger partial charge in [-0.15, -0.1) is 23.2 Å². The van der Waals surface area contributed by atoms with Crippen LogP contribution in [-0.4, -0.2) is 58.3 Å². The van der Waals surface area contributed by atoms with Gasteiger partial charge in [0.2, 0.25) is 0 Å². The molecule has 290 valence electrons. The monoisotopic (exact) mass is 766 g/mol. The topological polar surface area (TPSA) is 74.2 Å². The van der Waals surface area contributed by atoms with Crippen LogP contribution >= 0.6 is 23.2 Å². The number of carbonyl (C=O) groups is 1. The second-order valence-corrected chi connectivity index (χ2v) is 14.3. The predicted molar refractivity (Wildman–Crippen MR) is 197 cm³/mol. The molecule has 0 spiro atoms. The first-order valence-corrected chi connectivity index (χ1v) is 20.8. The standard InChI is InChI=1S/C23H42F2O5Si.C12H20F2O.CH2Cl2/c1-5-9-10-14-21(24)17-18-22(25)15-13-19-27-23(26)16-11-12-20-31(28-6-2,29-7-3)30-8-4;1-2-3-4-6-11(13)8-9-12(14)7-5-10-15;2-1-3/h17-18H,5-16,19-20H2,1-4H3;8-9,15H,2-7,10H2,1H3;1H2/b21-17-,22-18-;11-8-,12-9-;. The van der Waals surface area contributed by atoms with E-state index in [0.29, 0.717) is 64.4 Å². The van der Waals surface area contributed by atoms with Gasteiger partial charge < -0.3 is 23.1 Å². The minimum absolute atomic E-state index is 0.0377. The van der Waals surface area contributed by atoms with Crippen molar-refractivity contribution in [2.45, 2.75) is 137 Å². The average Bonchev–Trinajstić information content (AvgIpc) is 3.07. The highest BCUT2D eigenvalue weighted by Crippen LogP contribution is 2.20. The molecule has 0 saturated carbocycles. The molecule has 0 aromatic rings. The smallest absolute Gasteiger partial charge is 0.466 e. The van der Waals surface area contributed by atoms with Crippen LogP contribution in [0.15, 0.2) is 47.6 Å². The number of aliphatic hydroxyl groups is 1. The van der Waals surface area contributed by atoms with Gasteiger partial charge in [0, 0.05) is 51.7 Å². The number of alkyl halides is 2. The Balaban J connectivity index is -0.000000976. The maximum absolute atomic E-state index is 13.7. The van der Waals surface area contributed by atoms with E-state index in [1.165, 1.54) is 12.2 Å². The molecule has 0 aliphatic carbocycles. The molecule has 0 aliphatic heterocycles. The lowest BCUT2D eigenvalue weighted by atomic mass is 10.2. The van der Waals surface area contributed by atoms with Crippen molar-refractivity contribution in [1.82, 2.24) is 0 Å². The van der Waals surface area contributed by atoms with E-state index in [0.717, 1.165) is 57.1 Å². The lowest BCUT2D eigenvalue weighted by Crippen LogP contribution is -2.45. The highest BCUT2D eigenvalue weighted by molar-refractivity contribution is 6.60. The summed E-state index contributed by atoms with van der Waals surface area (Å²) in [5.74, 6) is -1.68. The van der Waals surface area contributed by atoms with Gasteiger partial charge in [0.05, 0.1) is 23.6 Å². The van der Waals surface area contributed by atoms with Crippen LogP contribution in [0.4, 0.5) is 17.6 Å². The number of unbranched alkanes of at least 4 members (excludes halogenated alkanes) is 5. The largest absolute Gasteiger partial charge is 0.500 e. The molecule has 0 fully saturated rings. The molecule has 0 atom stereocenters. The zero-order valence-electron chi connectivity index (χ0n) is 30.6.